The lowest BCUT2D eigenvalue weighted by molar-refractivity contribution is 0.0281. The summed E-state index contributed by atoms with van der Waals surface area (Å²) >= 11 is 5.99. The third-order valence-electron chi connectivity index (χ3n) is 2.29. The predicted octanol–water partition coefficient (Wildman–Crippen LogP) is 2.22. The molecule has 0 amide bonds. The molecular weight excluding hydrogens is 238 g/mol. The van der Waals surface area contributed by atoms with Crippen LogP contribution >= 0.6 is 11.6 Å². The van der Waals surface area contributed by atoms with Crippen LogP contribution in [0.4, 0.5) is 0 Å². The van der Waals surface area contributed by atoms with Gasteiger partial charge in [0.25, 0.3) is 0 Å². The lowest BCUT2D eigenvalue weighted by atomic mass is 10.2. The molecule has 0 bridgehead atoms. The van der Waals surface area contributed by atoms with E-state index in [1.54, 1.807) is 0 Å². The molecule has 0 saturated heterocycles. The molecule has 3 nitrogen and oxygen atoms in total. The molecule has 0 fully saturated rings. The van der Waals surface area contributed by atoms with E-state index in [0.717, 1.165) is 5.56 Å². The SMILES string of the molecule is CC(C)NCC(O)COCc1ccccc1Cl. The van der Waals surface area contributed by atoms with Crippen molar-refractivity contribution >= 4 is 11.6 Å². The van der Waals surface area contributed by atoms with Gasteiger partial charge in [0.1, 0.15) is 0 Å². The maximum atomic E-state index is 9.62. The van der Waals surface area contributed by atoms with Crippen molar-refractivity contribution in [3.8, 4) is 0 Å². The average Bonchev–Trinajstić information content (AvgIpc) is 2.29. The third kappa shape index (κ3) is 6.03. The van der Waals surface area contributed by atoms with Crippen molar-refractivity contribution in [3.05, 3.63) is 34.9 Å². The highest BCUT2D eigenvalue weighted by atomic mass is 35.5. The van der Waals surface area contributed by atoms with E-state index >= 15 is 0 Å². The van der Waals surface area contributed by atoms with E-state index in [1.807, 2.05) is 38.1 Å². The van der Waals surface area contributed by atoms with Crippen LogP contribution in [0.2, 0.25) is 5.02 Å². The molecule has 2 N–H and O–H groups in total. The molecule has 1 aromatic rings. The van der Waals surface area contributed by atoms with Crippen LogP contribution in [0, 0.1) is 0 Å². The summed E-state index contributed by atoms with van der Waals surface area (Å²) in [6, 6.07) is 7.92. The molecule has 1 aromatic carbocycles. The summed E-state index contributed by atoms with van der Waals surface area (Å²) in [5.41, 5.74) is 0.943. The average molecular weight is 258 g/mol. The zero-order valence-corrected chi connectivity index (χ0v) is 11.1. The molecule has 0 aliphatic carbocycles. The van der Waals surface area contributed by atoms with Crippen LogP contribution in [0.15, 0.2) is 24.3 Å². The summed E-state index contributed by atoms with van der Waals surface area (Å²) in [5, 5.41) is 13.5. The number of rotatable bonds is 7. The van der Waals surface area contributed by atoms with Crippen molar-refractivity contribution < 1.29 is 9.84 Å². The highest BCUT2D eigenvalue weighted by molar-refractivity contribution is 6.31. The van der Waals surface area contributed by atoms with E-state index in [2.05, 4.69) is 5.32 Å². The highest BCUT2D eigenvalue weighted by Crippen LogP contribution is 2.15. The fourth-order valence-electron chi connectivity index (χ4n) is 1.35. The quantitative estimate of drug-likeness (QED) is 0.787. The van der Waals surface area contributed by atoms with Crippen LogP contribution in [0.25, 0.3) is 0 Å². The van der Waals surface area contributed by atoms with Crippen LogP contribution in [0.3, 0.4) is 0 Å². The first-order chi connectivity index (χ1) is 8.09. The Bertz CT molecular complexity index is 331. The summed E-state index contributed by atoms with van der Waals surface area (Å²) < 4.78 is 5.42. The number of hydrogen-bond acceptors (Lipinski definition) is 3. The van der Waals surface area contributed by atoms with Gasteiger partial charge in [-0.1, -0.05) is 43.6 Å². The van der Waals surface area contributed by atoms with Crippen LogP contribution in [0.1, 0.15) is 19.4 Å². The van der Waals surface area contributed by atoms with Gasteiger partial charge in [-0.05, 0) is 11.6 Å². The molecule has 0 aromatic heterocycles. The Hall–Kier alpha value is -0.610. The molecule has 96 valence electrons. The summed E-state index contributed by atoms with van der Waals surface area (Å²) in [6.07, 6.45) is -0.486. The number of benzene rings is 1. The van der Waals surface area contributed by atoms with E-state index in [-0.39, 0.29) is 0 Å². The van der Waals surface area contributed by atoms with Gasteiger partial charge in [0.15, 0.2) is 0 Å². The number of ether oxygens (including phenoxy) is 1. The summed E-state index contributed by atoms with van der Waals surface area (Å²) in [7, 11) is 0. The Labute approximate surface area is 108 Å². The van der Waals surface area contributed by atoms with E-state index in [0.29, 0.717) is 30.8 Å². The molecule has 0 saturated carbocycles. The Morgan fingerprint density at radius 2 is 2.06 bits per heavy atom. The molecule has 0 radical (unpaired) electrons. The maximum absolute atomic E-state index is 9.62. The molecule has 17 heavy (non-hydrogen) atoms. The molecular formula is C13H20ClNO2. The number of nitrogens with one attached hydrogen (secondary N) is 1. The number of halogens is 1. The minimum absolute atomic E-state index is 0.310. The van der Waals surface area contributed by atoms with Gasteiger partial charge >= 0.3 is 0 Å². The standard InChI is InChI=1S/C13H20ClNO2/c1-10(2)15-7-12(16)9-17-8-11-5-3-4-6-13(11)14/h3-6,10,12,15-16H,7-9H2,1-2H3. The highest BCUT2D eigenvalue weighted by Gasteiger charge is 2.06. The van der Waals surface area contributed by atoms with Gasteiger partial charge in [-0.2, -0.15) is 0 Å². The minimum atomic E-state index is -0.486. The third-order valence-corrected chi connectivity index (χ3v) is 2.66. The summed E-state index contributed by atoms with van der Waals surface area (Å²) in [4.78, 5) is 0. The van der Waals surface area contributed by atoms with Gasteiger partial charge in [-0.3, -0.25) is 0 Å². The maximum Gasteiger partial charge on any atom is 0.0897 e. The van der Waals surface area contributed by atoms with E-state index in [1.165, 1.54) is 0 Å². The number of hydrogen-bond donors (Lipinski definition) is 2. The van der Waals surface area contributed by atoms with Crippen LogP contribution in [-0.2, 0) is 11.3 Å². The van der Waals surface area contributed by atoms with Crippen molar-refractivity contribution in [2.75, 3.05) is 13.2 Å². The summed E-state index contributed by atoms with van der Waals surface area (Å²) in [6.45, 7) is 5.36. The van der Waals surface area contributed by atoms with Gasteiger partial charge in [0.05, 0.1) is 19.3 Å². The van der Waals surface area contributed by atoms with Crippen LogP contribution in [-0.4, -0.2) is 30.4 Å². The Morgan fingerprint density at radius 1 is 1.35 bits per heavy atom. The van der Waals surface area contributed by atoms with E-state index in [9.17, 15) is 5.11 Å². The fourth-order valence-corrected chi connectivity index (χ4v) is 1.54. The van der Waals surface area contributed by atoms with Crippen molar-refractivity contribution in [2.45, 2.75) is 32.6 Å². The van der Waals surface area contributed by atoms with Gasteiger partial charge in [-0.15, -0.1) is 0 Å². The van der Waals surface area contributed by atoms with Crippen LogP contribution in [0.5, 0.6) is 0 Å². The molecule has 1 rings (SSSR count). The predicted molar refractivity (Wildman–Crippen MR) is 70.3 cm³/mol. The Morgan fingerprint density at radius 3 is 2.71 bits per heavy atom. The van der Waals surface area contributed by atoms with Crippen molar-refractivity contribution in [3.63, 3.8) is 0 Å². The summed E-state index contributed by atoms with van der Waals surface area (Å²) in [5.74, 6) is 0. The number of aliphatic hydroxyl groups is 1. The minimum Gasteiger partial charge on any atom is -0.389 e. The first kappa shape index (κ1) is 14.5. The zero-order chi connectivity index (χ0) is 12.7. The Balaban J connectivity index is 2.21. The van der Waals surface area contributed by atoms with E-state index < -0.39 is 6.10 Å². The van der Waals surface area contributed by atoms with Gasteiger partial charge in [0.2, 0.25) is 0 Å². The van der Waals surface area contributed by atoms with Gasteiger partial charge < -0.3 is 15.2 Å². The smallest absolute Gasteiger partial charge is 0.0897 e. The van der Waals surface area contributed by atoms with E-state index in [4.69, 9.17) is 16.3 Å². The second-order valence-electron chi connectivity index (χ2n) is 4.32. The second kappa shape index (κ2) is 7.67. The largest absolute Gasteiger partial charge is 0.389 e. The molecule has 1 unspecified atom stereocenters. The molecule has 0 heterocycles. The normalized spacial score (nSPS) is 13.0. The Kier molecular flexibility index (Phi) is 6.52. The van der Waals surface area contributed by atoms with Gasteiger partial charge in [0, 0.05) is 17.6 Å². The zero-order valence-electron chi connectivity index (χ0n) is 10.3. The monoisotopic (exact) mass is 257 g/mol. The number of aliphatic hydroxyl groups excluding tert-OH is 1. The first-order valence-corrected chi connectivity index (χ1v) is 6.20. The van der Waals surface area contributed by atoms with Gasteiger partial charge in [-0.25, -0.2) is 0 Å². The topological polar surface area (TPSA) is 41.5 Å². The fraction of sp³-hybridized carbons (Fsp3) is 0.538. The van der Waals surface area contributed by atoms with Crippen molar-refractivity contribution in [1.82, 2.24) is 5.32 Å². The van der Waals surface area contributed by atoms with Crippen LogP contribution < -0.4 is 5.32 Å². The van der Waals surface area contributed by atoms with Crippen molar-refractivity contribution in [2.24, 2.45) is 0 Å². The molecule has 1 atom stereocenters. The lowest BCUT2D eigenvalue weighted by Gasteiger charge is -2.14. The molecule has 0 aliphatic heterocycles. The molecule has 0 spiro atoms. The second-order valence-corrected chi connectivity index (χ2v) is 4.73. The lowest BCUT2D eigenvalue weighted by Crippen LogP contribution is -2.34. The molecule has 4 heteroatoms. The molecule has 0 aliphatic rings. The first-order valence-electron chi connectivity index (χ1n) is 5.82. The van der Waals surface area contributed by atoms with Crippen molar-refractivity contribution in [1.29, 1.82) is 0 Å².